The molecule has 0 aromatic heterocycles. The fourth-order valence-corrected chi connectivity index (χ4v) is 5.62. The molecule has 0 saturated heterocycles. The summed E-state index contributed by atoms with van der Waals surface area (Å²) in [5, 5.41) is -0.175. The van der Waals surface area contributed by atoms with Gasteiger partial charge >= 0.3 is 0 Å². The maximum atomic E-state index is 12.9. The Hall–Kier alpha value is -1.40. The summed E-state index contributed by atoms with van der Waals surface area (Å²) in [7, 11) is -3.54. The van der Waals surface area contributed by atoms with Crippen LogP contribution in [0.3, 0.4) is 0 Å². The number of rotatable bonds is 4. The number of hydrogen-bond acceptors (Lipinski definition) is 4. The minimum atomic E-state index is -3.54. The summed E-state index contributed by atoms with van der Waals surface area (Å²) < 4.78 is 25.7. The molecule has 0 bridgehead atoms. The zero-order chi connectivity index (χ0) is 16.0. The Balaban J connectivity index is 2.04. The second-order valence-electron chi connectivity index (χ2n) is 5.63. The smallest absolute Gasteiger partial charge is 0.183 e. The zero-order valence-corrected chi connectivity index (χ0v) is 13.4. The number of hydrogen-bond donors (Lipinski definition) is 2. The van der Waals surface area contributed by atoms with Crippen LogP contribution in [-0.4, -0.2) is 25.8 Å². The van der Waals surface area contributed by atoms with Crippen LogP contribution in [0.15, 0.2) is 59.5 Å². The molecule has 1 aliphatic rings. The summed E-state index contributed by atoms with van der Waals surface area (Å²) in [6, 6.07) is 15.5. The SMILES string of the molecule is NC[C@@]1(N)[C@H](c2cccc(Cl)c2)[C@@H]1S(=O)(=O)c1ccccc1. The van der Waals surface area contributed by atoms with Gasteiger partial charge in [-0.3, -0.25) is 0 Å². The lowest BCUT2D eigenvalue weighted by Crippen LogP contribution is -2.39. The van der Waals surface area contributed by atoms with Gasteiger partial charge in [0, 0.05) is 17.5 Å². The van der Waals surface area contributed by atoms with Crippen LogP contribution in [0, 0.1) is 0 Å². The molecule has 0 radical (unpaired) electrons. The van der Waals surface area contributed by atoms with Gasteiger partial charge in [-0.05, 0) is 29.8 Å². The molecule has 2 aromatic rings. The zero-order valence-electron chi connectivity index (χ0n) is 11.8. The molecule has 3 rings (SSSR count). The molecule has 1 saturated carbocycles. The standard InChI is InChI=1S/C16H17ClN2O2S/c17-12-6-4-5-11(9-12)14-15(16(14,19)10-18)22(20,21)13-7-2-1-3-8-13/h1-9,14-15H,10,18-19H2/t14-,15+,16-/m1/s1. The quantitative estimate of drug-likeness (QED) is 0.893. The summed E-state index contributed by atoms with van der Waals surface area (Å²) in [6.07, 6.45) is 0. The van der Waals surface area contributed by atoms with Gasteiger partial charge in [0.2, 0.25) is 0 Å². The third-order valence-electron chi connectivity index (χ3n) is 4.27. The van der Waals surface area contributed by atoms with Crippen LogP contribution in [-0.2, 0) is 9.84 Å². The van der Waals surface area contributed by atoms with Crippen molar-refractivity contribution in [1.29, 1.82) is 0 Å². The van der Waals surface area contributed by atoms with Gasteiger partial charge in [0.25, 0.3) is 0 Å². The number of benzene rings is 2. The van der Waals surface area contributed by atoms with E-state index in [1.165, 1.54) is 0 Å². The van der Waals surface area contributed by atoms with Crippen LogP contribution < -0.4 is 11.5 Å². The molecule has 0 heterocycles. The van der Waals surface area contributed by atoms with E-state index in [9.17, 15) is 8.42 Å². The third kappa shape index (κ3) is 2.34. The molecule has 1 aliphatic carbocycles. The summed E-state index contributed by atoms with van der Waals surface area (Å²) in [6.45, 7) is 0.0981. The molecular formula is C16H17ClN2O2S. The van der Waals surface area contributed by atoms with Crippen LogP contribution in [0.5, 0.6) is 0 Å². The highest BCUT2D eigenvalue weighted by Crippen LogP contribution is 2.55. The van der Waals surface area contributed by atoms with Gasteiger partial charge in [-0.15, -0.1) is 0 Å². The van der Waals surface area contributed by atoms with Crippen LogP contribution in [0.25, 0.3) is 0 Å². The highest BCUT2D eigenvalue weighted by Gasteiger charge is 2.68. The highest BCUT2D eigenvalue weighted by atomic mass is 35.5. The van der Waals surface area contributed by atoms with Gasteiger partial charge in [0.15, 0.2) is 9.84 Å². The Bertz CT molecular complexity index is 795. The van der Waals surface area contributed by atoms with Crippen LogP contribution in [0.1, 0.15) is 11.5 Å². The maximum Gasteiger partial charge on any atom is 0.183 e. The first-order chi connectivity index (χ1) is 10.4. The minimum Gasteiger partial charge on any atom is -0.329 e. The molecule has 3 atom stereocenters. The Kier molecular flexibility index (Phi) is 3.77. The van der Waals surface area contributed by atoms with Gasteiger partial charge in [0.1, 0.15) is 0 Å². The lowest BCUT2D eigenvalue weighted by Gasteiger charge is -2.09. The van der Waals surface area contributed by atoms with Gasteiger partial charge in [-0.2, -0.15) is 0 Å². The van der Waals surface area contributed by atoms with Crippen molar-refractivity contribution in [3.63, 3.8) is 0 Å². The first-order valence-corrected chi connectivity index (χ1v) is 8.87. The van der Waals surface area contributed by atoms with E-state index in [-0.39, 0.29) is 17.4 Å². The number of halogens is 1. The van der Waals surface area contributed by atoms with Crippen molar-refractivity contribution >= 4 is 21.4 Å². The highest BCUT2D eigenvalue weighted by molar-refractivity contribution is 7.92. The van der Waals surface area contributed by atoms with Crippen molar-refractivity contribution in [2.45, 2.75) is 21.6 Å². The second-order valence-corrected chi connectivity index (χ2v) is 8.13. The van der Waals surface area contributed by atoms with E-state index in [1.54, 1.807) is 48.5 Å². The molecule has 0 amide bonds. The summed E-state index contributed by atoms with van der Waals surface area (Å²) in [5.74, 6) is -0.346. The van der Waals surface area contributed by atoms with Crippen molar-refractivity contribution in [1.82, 2.24) is 0 Å². The molecule has 6 heteroatoms. The lowest BCUT2D eigenvalue weighted by molar-refractivity contribution is 0.586. The van der Waals surface area contributed by atoms with Gasteiger partial charge in [0.05, 0.1) is 15.7 Å². The van der Waals surface area contributed by atoms with E-state index in [0.717, 1.165) is 5.56 Å². The van der Waals surface area contributed by atoms with Gasteiger partial charge < -0.3 is 11.5 Å². The van der Waals surface area contributed by atoms with E-state index in [4.69, 9.17) is 23.1 Å². The topological polar surface area (TPSA) is 86.2 Å². The van der Waals surface area contributed by atoms with Gasteiger partial charge in [-0.25, -0.2) is 8.42 Å². The Morgan fingerprint density at radius 3 is 2.36 bits per heavy atom. The van der Waals surface area contributed by atoms with E-state index in [1.807, 2.05) is 6.07 Å². The second kappa shape index (κ2) is 5.35. The van der Waals surface area contributed by atoms with E-state index < -0.39 is 20.6 Å². The van der Waals surface area contributed by atoms with Gasteiger partial charge in [-0.1, -0.05) is 41.9 Å². The largest absolute Gasteiger partial charge is 0.329 e. The molecule has 4 nitrogen and oxygen atoms in total. The molecule has 0 aliphatic heterocycles. The average Bonchev–Trinajstić information content (AvgIpc) is 3.16. The van der Waals surface area contributed by atoms with Crippen LogP contribution in [0.2, 0.25) is 5.02 Å². The maximum absolute atomic E-state index is 12.9. The van der Waals surface area contributed by atoms with Crippen LogP contribution >= 0.6 is 11.6 Å². The van der Waals surface area contributed by atoms with Crippen molar-refractivity contribution < 1.29 is 8.42 Å². The predicted molar refractivity (Wildman–Crippen MR) is 87.6 cm³/mol. The molecule has 4 N–H and O–H groups in total. The first kappa shape index (κ1) is 15.5. The van der Waals surface area contributed by atoms with E-state index in [2.05, 4.69) is 0 Å². The number of nitrogens with two attached hydrogens (primary N) is 2. The van der Waals surface area contributed by atoms with Crippen molar-refractivity contribution in [3.05, 3.63) is 65.2 Å². The predicted octanol–water partition coefficient (Wildman–Crippen LogP) is 1.94. The van der Waals surface area contributed by atoms with E-state index in [0.29, 0.717) is 5.02 Å². The summed E-state index contributed by atoms with van der Waals surface area (Å²) in [5.41, 5.74) is 11.9. The molecule has 2 aromatic carbocycles. The fourth-order valence-electron chi connectivity index (χ4n) is 3.08. The minimum absolute atomic E-state index is 0.0981. The monoisotopic (exact) mass is 336 g/mol. The molecule has 22 heavy (non-hydrogen) atoms. The fraction of sp³-hybridized carbons (Fsp3) is 0.250. The molecule has 0 spiro atoms. The normalized spacial score (nSPS) is 27.6. The Morgan fingerprint density at radius 2 is 1.77 bits per heavy atom. The molecule has 1 fully saturated rings. The van der Waals surface area contributed by atoms with Crippen molar-refractivity contribution in [2.24, 2.45) is 11.5 Å². The molecular weight excluding hydrogens is 320 g/mol. The average molecular weight is 337 g/mol. The van der Waals surface area contributed by atoms with Crippen molar-refractivity contribution in [2.75, 3.05) is 6.54 Å². The first-order valence-electron chi connectivity index (χ1n) is 6.94. The Morgan fingerprint density at radius 1 is 1.09 bits per heavy atom. The summed E-state index contributed by atoms with van der Waals surface area (Å²) in [4.78, 5) is 0.271. The lowest BCUT2D eigenvalue weighted by atomic mass is 10.1. The summed E-state index contributed by atoms with van der Waals surface area (Å²) >= 11 is 6.01. The third-order valence-corrected chi connectivity index (χ3v) is 6.81. The van der Waals surface area contributed by atoms with Crippen molar-refractivity contribution in [3.8, 4) is 0 Å². The Labute approximate surface area is 135 Å². The number of sulfone groups is 1. The molecule has 0 unspecified atom stereocenters. The molecule has 116 valence electrons. The van der Waals surface area contributed by atoms with E-state index >= 15 is 0 Å². The van der Waals surface area contributed by atoms with Crippen LogP contribution in [0.4, 0.5) is 0 Å².